The minimum atomic E-state index is -0.149. The number of aromatic amines is 1. The Bertz CT molecular complexity index is 829. The lowest BCUT2D eigenvalue weighted by molar-refractivity contribution is 0.0954. The summed E-state index contributed by atoms with van der Waals surface area (Å²) < 4.78 is 0. The number of halogens is 2. The van der Waals surface area contributed by atoms with Crippen molar-refractivity contribution in [2.24, 2.45) is 0 Å². The molecule has 0 atom stereocenters. The van der Waals surface area contributed by atoms with Crippen molar-refractivity contribution >= 4 is 29.1 Å². The molecule has 1 heterocycles. The van der Waals surface area contributed by atoms with Gasteiger partial charge in [-0.3, -0.25) is 9.89 Å². The van der Waals surface area contributed by atoms with E-state index in [0.717, 1.165) is 5.56 Å². The Kier molecular flexibility index (Phi) is 5.13. The summed E-state index contributed by atoms with van der Waals surface area (Å²) >= 11 is 11.7. The van der Waals surface area contributed by atoms with Crippen molar-refractivity contribution in [3.8, 4) is 11.4 Å². The second-order valence-electron chi connectivity index (χ2n) is 5.13. The topological polar surface area (TPSA) is 70.7 Å². The molecule has 122 valence electrons. The van der Waals surface area contributed by atoms with Crippen LogP contribution >= 0.6 is 23.2 Å². The molecule has 5 nitrogen and oxygen atoms in total. The van der Waals surface area contributed by atoms with Gasteiger partial charge in [-0.05, 0) is 48.5 Å². The van der Waals surface area contributed by atoms with Crippen LogP contribution in [0.2, 0.25) is 10.0 Å². The molecule has 0 radical (unpaired) electrons. The fraction of sp³-hybridized carbons (Fsp3) is 0.118. The van der Waals surface area contributed by atoms with Crippen molar-refractivity contribution < 1.29 is 4.79 Å². The number of amides is 1. The monoisotopic (exact) mass is 360 g/mol. The first-order valence-corrected chi connectivity index (χ1v) is 8.08. The molecule has 0 aliphatic carbocycles. The summed E-state index contributed by atoms with van der Waals surface area (Å²) in [6.45, 7) is 0.455. The van der Waals surface area contributed by atoms with Gasteiger partial charge in [-0.25, -0.2) is 4.98 Å². The Morgan fingerprint density at radius 3 is 2.29 bits per heavy atom. The fourth-order valence-corrected chi connectivity index (χ4v) is 2.38. The summed E-state index contributed by atoms with van der Waals surface area (Å²) in [5.41, 5.74) is 1.45. The number of nitrogens with zero attached hydrogens (tertiary/aromatic N) is 2. The zero-order valence-electron chi connectivity index (χ0n) is 12.6. The Hall–Kier alpha value is -2.37. The van der Waals surface area contributed by atoms with E-state index in [0.29, 0.717) is 40.2 Å². The van der Waals surface area contributed by atoms with E-state index in [-0.39, 0.29) is 5.91 Å². The molecule has 0 aliphatic rings. The van der Waals surface area contributed by atoms with Gasteiger partial charge in [0, 0.05) is 34.1 Å². The van der Waals surface area contributed by atoms with Gasteiger partial charge < -0.3 is 5.32 Å². The lowest BCUT2D eigenvalue weighted by Crippen LogP contribution is -2.25. The van der Waals surface area contributed by atoms with Crippen LogP contribution in [0.4, 0.5) is 0 Å². The molecule has 0 saturated heterocycles. The van der Waals surface area contributed by atoms with Gasteiger partial charge in [0.05, 0.1) is 0 Å². The van der Waals surface area contributed by atoms with E-state index >= 15 is 0 Å². The van der Waals surface area contributed by atoms with E-state index in [4.69, 9.17) is 23.2 Å². The van der Waals surface area contributed by atoms with Crippen LogP contribution in [-0.4, -0.2) is 27.6 Å². The number of aromatic nitrogens is 3. The van der Waals surface area contributed by atoms with Crippen molar-refractivity contribution in [2.75, 3.05) is 6.54 Å². The molecule has 0 bridgehead atoms. The maximum absolute atomic E-state index is 12.0. The first-order valence-electron chi connectivity index (χ1n) is 7.33. The van der Waals surface area contributed by atoms with Gasteiger partial charge in [0.25, 0.3) is 5.91 Å². The van der Waals surface area contributed by atoms with E-state index in [9.17, 15) is 4.79 Å². The van der Waals surface area contributed by atoms with Gasteiger partial charge >= 0.3 is 0 Å². The number of rotatable bonds is 5. The van der Waals surface area contributed by atoms with Crippen LogP contribution < -0.4 is 5.32 Å². The highest BCUT2D eigenvalue weighted by molar-refractivity contribution is 6.30. The molecule has 24 heavy (non-hydrogen) atoms. The highest BCUT2D eigenvalue weighted by Crippen LogP contribution is 2.17. The number of hydrogen-bond donors (Lipinski definition) is 2. The van der Waals surface area contributed by atoms with E-state index in [1.54, 1.807) is 36.4 Å². The van der Waals surface area contributed by atoms with Gasteiger partial charge in [-0.15, -0.1) is 0 Å². The predicted molar refractivity (Wildman–Crippen MR) is 94.3 cm³/mol. The summed E-state index contributed by atoms with van der Waals surface area (Å²) in [6, 6.07) is 14.0. The Labute approximate surface area is 149 Å². The van der Waals surface area contributed by atoms with Gasteiger partial charge in [-0.1, -0.05) is 23.2 Å². The normalized spacial score (nSPS) is 10.6. The standard InChI is InChI=1S/C17H14Cl2N4O/c18-13-5-1-11(2-6-13)16-21-15(22-23-16)9-10-20-17(24)12-3-7-14(19)8-4-12/h1-8H,9-10H2,(H,20,24)(H,21,22,23). The summed E-state index contributed by atoms with van der Waals surface area (Å²) in [7, 11) is 0. The SMILES string of the molecule is O=C(NCCc1nc(-c2ccc(Cl)cc2)n[nH]1)c1ccc(Cl)cc1. The minimum absolute atomic E-state index is 0.149. The van der Waals surface area contributed by atoms with Crippen LogP contribution in [0.3, 0.4) is 0 Å². The molecular formula is C17H14Cl2N4O. The maximum Gasteiger partial charge on any atom is 0.251 e. The van der Waals surface area contributed by atoms with Crippen molar-refractivity contribution in [1.82, 2.24) is 20.5 Å². The number of carbonyl (C=O) groups is 1. The van der Waals surface area contributed by atoms with Crippen LogP contribution in [0.15, 0.2) is 48.5 Å². The van der Waals surface area contributed by atoms with E-state index in [1.165, 1.54) is 0 Å². The Morgan fingerprint density at radius 1 is 1.00 bits per heavy atom. The summed E-state index contributed by atoms with van der Waals surface area (Å²) in [6.07, 6.45) is 0.555. The van der Waals surface area contributed by atoms with E-state index in [2.05, 4.69) is 20.5 Å². The second-order valence-corrected chi connectivity index (χ2v) is 6.00. The lowest BCUT2D eigenvalue weighted by Gasteiger charge is -2.03. The zero-order valence-corrected chi connectivity index (χ0v) is 14.1. The van der Waals surface area contributed by atoms with Crippen molar-refractivity contribution in [3.63, 3.8) is 0 Å². The molecule has 0 aliphatic heterocycles. The van der Waals surface area contributed by atoms with Gasteiger partial charge in [0.15, 0.2) is 5.82 Å². The van der Waals surface area contributed by atoms with Crippen LogP contribution in [0.5, 0.6) is 0 Å². The van der Waals surface area contributed by atoms with Crippen LogP contribution in [0.1, 0.15) is 16.2 Å². The van der Waals surface area contributed by atoms with E-state index in [1.807, 2.05) is 12.1 Å². The Morgan fingerprint density at radius 2 is 1.62 bits per heavy atom. The molecule has 2 aromatic carbocycles. The minimum Gasteiger partial charge on any atom is -0.352 e. The van der Waals surface area contributed by atoms with Crippen LogP contribution in [-0.2, 0) is 6.42 Å². The predicted octanol–water partition coefficient (Wildman–Crippen LogP) is 3.75. The van der Waals surface area contributed by atoms with Crippen molar-refractivity contribution in [2.45, 2.75) is 6.42 Å². The molecule has 3 rings (SSSR count). The van der Waals surface area contributed by atoms with Crippen LogP contribution in [0, 0.1) is 0 Å². The summed E-state index contributed by atoms with van der Waals surface area (Å²) in [5, 5.41) is 11.2. The molecule has 0 spiro atoms. The summed E-state index contributed by atoms with van der Waals surface area (Å²) in [4.78, 5) is 16.4. The quantitative estimate of drug-likeness (QED) is 0.727. The molecule has 1 aromatic heterocycles. The van der Waals surface area contributed by atoms with Crippen molar-refractivity contribution in [3.05, 3.63) is 70.0 Å². The summed E-state index contributed by atoms with van der Waals surface area (Å²) in [5.74, 6) is 1.16. The molecule has 7 heteroatoms. The molecule has 0 fully saturated rings. The maximum atomic E-state index is 12.0. The number of H-pyrrole nitrogens is 1. The number of nitrogens with one attached hydrogen (secondary N) is 2. The van der Waals surface area contributed by atoms with Crippen LogP contribution in [0.25, 0.3) is 11.4 Å². The van der Waals surface area contributed by atoms with Gasteiger partial charge in [0.1, 0.15) is 5.82 Å². The second kappa shape index (κ2) is 7.47. The number of carbonyl (C=O) groups excluding carboxylic acids is 1. The highest BCUT2D eigenvalue weighted by atomic mass is 35.5. The first-order chi connectivity index (χ1) is 11.6. The fourth-order valence-electron chi connectivity index (χ4n) is 2.13. The lowest BCUT2D eigenvalue weighted by atomic mass is 10.2. The number of hydrogen-bond acceptors (Lipinski definition) is 3. The Balaban J connectivity index is 1.55. The molecule has 2 N–H and O–H groups in total. The molecule has 0 saturated carbocycles. The molecule has 3 aromatic rings. The average molecular weight is 361 g/mol. The zero-order chi connectivity index (χ0) is 16.9. The highest BCUT2D eigenvalue weighted by Gasteiger charge is 2.08. The molecular weight excluding hydrogens is 347 g/mol. The smallest absolute Gasteiger partial charge is 0.251 e. The number of benzene rings is 2. The third-order valence-corrected chi connectivity index (χ3v) is 3.89. The third-order valence-electron chi connectivity index (χ3n) is 3.39. The van der Waals surface area contributed by atoms with Gasteiger partial charge in [0.2, 0.25) is 0 Å². The first kappa shape index (κ1) is 16.5. The largest absolute Gasteiger partial charge is 0.352 e. The van der Waals surface area contributed by atoms with Crippen molar-refractivity contribution in [1.29, 1.82) is 0 Å². The van der Waals surface area contributed by atoms with Gasteiger partial charge in [-0.2, -0.15) is 5.10 Å². The third kappa shape index (κ3) is 4.13. The molecule has 0 unspecified atom stereocenters. The average Bonchev–Trinajstić information content (AvgIpc) is 3.05. The molecule has 1 amide bonds. The van der Waals surface area contributed by atoms with E-state index < -0.39 is 0 Å².